The molecular weight excluding hydrogens is 298 g/mol. The van der Waals surface area contributed by atoms with E-state index in [1.54, 1.807) is 4.90 Å². The Morgan fingerprint density at radius 3 is 2.48 bits per heavy atom. The van der Waals surface area contributed by atoms with Gasteiger partial charge >= 0.3 is 5.97 Å². The molecule has 0 aromatic carbocycles. The molecule has 9 heteroatoms. The Bertz CT molecular complexity index is 525. The Balaban J connectivity index is 1.83. The molecule has 0 radical (unpaired) electrons. The van der Waals surface area contributed by atoms with Crippen molar-refractivity contribution >= 4 is 21.9 Å². The second-order valence-electron chi connectivity index (χ2n) is 5.95. The number of piperidine rings is 1. The largest absolute Gasteiger partial charge is 0.480 e. The second kappa shape index (κ2) is 5.90. The van der Waals surface area contributed by atoms with Crippen molar-refractivity contribution in [1.29, 1.82) is 0 Å². The fourth-order valence-corrected chi connectivity index (χ4v) is 3.39. The van der Waals surface area contributed by atoms with Crippen molar-refractivity contribution < 1.29 is 23.1 Å². The van der Waals surface area contributed by atoms with Crippen LogP contribution in [0, 0.1) is 5.41 Å². The maximum atomic E-state index is 11.9. The lowest BCUT2D eigenvalue weighted by molar-refractivity contribution is -0.139. The molecule has 2 aliphatic rings. The molecule has 0 aromatic rings. The van der Waals surface area contributed by atoms with Crippen LogP contribution in [0.15, 0.2) is 0 Å². The summed E-state index contributed by atoms with van der Waals surface area (Å²) in [5, 5.41) is 12.0. The Morgan fingerprint density at radius 2 is 2.00 bits per heavy atom. The average molecular weight is 319 g/mol. The van der Waals surface area contributed by atoms with E-state index in [-0.39, 0.29) is 17.9 Å². The van der Waals surface area contributed by atoms with Gasteiger partial charge in [0.25, 0.3) is 0 Å². The molecule has 8 nitrogen and oxygen atoms in total. The van der Waals surface area contributed by atoms with Crippen LogP contribution in [0.4, 0.5) is 0 Å². The summed E-state index contributed by atoms with van der Waals surface area (Å²) in [6.45, 7) is 1.52. The normalized spacial score (nSPS) is 25.2. The minimum atomic E-state index is -3.37. The SMILES string of the molecule is CS(=O)(=O)NCC(=O)N1CCC2(CC1)CN[C@H](C(=O)O)C2. The van der Waals surface area contributed by atoms with Crippen LogP contribution in [-0.2, 0) is 19.6 Å². The molecule has 2 saturated heterocycles. The molecule has 1 spiro atoms. The van der Waals surface area contributed by atoms with E-state index in [9.17, 15) is 18.0 Å². The summed E-state index contributed by atoms with van der Waals surface area (Å²) >= 11 is 0. The molecule has 0 bridgehead atoms. The van der Waals surface area contributed by atoms with Crippen LogP contribution < -0.4 is 10.0 Å². The summed E-state index contributed by atoms with van der Waals surface area (Å²) in [5.41, 5.74) is -0.0515. The van der Waals surface area contributed by atoms with Gasteiger partial charge in [-0.15, -0.1) is 0 Å². The van der Waals surface area contributed by atoms with Gasteiger partial charge in [-0.1, -0.05) is 0 Å². The van der Waals surface area contributed by atoms with Gasteiger partial charge in [0.15, 0.2) is 0 Å². The van der Waals surface area contributed by atoms with E-state index in [1.807, 2.05) is 0 Å². The first kappa shape index (κ1) is 16.2. The molecule has 1 amide bonds. The average Bonchev–Trinajstić information content (AvgIpc) is 2.80. The van der Waals surface area contributed by atoms with Crippen LogP contribution in [0.3, 0.4) is 0 Å². The molecule has 2 heterocycles. The molecule has 2 aliphatic heterocycles. The van der Waals surface area contributed by atoms with Crippen molar-refractivity contribution in [2.45, 2.75) is 25.3 Å². The molecule has 120 valence electrons. The monoisotopic (exact) mass is 319 g/mol. The number of aliphatic carboxylic acids is 1. The van der Waals surface area contributed by atoms with Crippen LogP contribution in [0.1, 0.15) is 19.3 Å². The number of nitrogens with zero attached hydrogens (tertiary/aromatic N) is 1. The van der Waals surface area contributed by atoms with Crippen LogP contribution in [0.2, 0.25) is 0 Å². The maximum absolute atomic E-state index is 11.9. The summed E-state index contributed by atoms with van der Waals surface area (Å²) in [5.74, 6) is -1.07. The molecule has 3 N–H and O–H groups in total. The third kappa shape index (κ3) is 4.14. The first-order valence-corrected chi connectivity index (χ1v) is 8.79. The number of nitrogens with one attached hydrogen (secondary N) is 2. The Hall–Kier alpha value is -1.19. The summed E-state index contributed by atoms with van der Waals surface area (Å²) < 4.78 is 24.1. The van der Waals surface area contributed by atoms with E-state index in [0.717, 1.165) is 19.1 Å². The number of carboxylic acid groups (broad SMARTS) is 1. The maximum Gasteiger partial charge on any atom is 0.320 e. The molecule has 2 fully saturated rings. The molecule has 1 atom stereocenters. The molecule has 0 saturated carbocycles. The minimum Gasteiger partial charge on any atom is -0.480 e. The third-order valence-corrected chi connectivity index (χ3v) is 4.99. The van der Waals surface area contributed by atoms with E-state index >= 15 is 0 Å². The first-order valence-electron chi connectivity index (χ1n) is 6.89. The van der Waals surface area contributed by atoms with Crippen molar-refractivity contribution in [2.75, 3.05) is 32.4 Å². The number of rotatable bonds is 4. The van der Waals surface area contributed by atoms with Crippen LogP contribution in [-0.4, -0.2) is 68.8 Å². The molecule has 2 rings (SSSR count). The number of sulfonamides is 1. The molecule has 0 unspecified atom stereocenters. The number of hydrogen-bond acceptors (Lipinski definition) is 5. The predicted octanol–water partition coefficient (Wildman–Crippen LogP) is -1.41. The molecule has 0 aliphatic carbocycles. The van der Waals surface area contributed by atoms with Crippen molar-refractivity contribution in [3.8, 4) is 0 Å². The zero-order valence-electron chi connectivity index (χ0n) is 12.0. The lowest BCUT2D eigenvalue weighted by Gasteiger charge is -2.39. The van der Waals surface area contributed by atoms with Gasteiger partial charge in [-0.2, -0.15) is 0 Å². The second-order valence-corrected chi connectivity index (χ2v) is 7.78. The van der Waals surface area contributed by atoms with Crippen LogP contribution >= 0.6 is 0 Å². The van der Waals surface area contributed by atoms with Gasteiger partial charge in [0.05, 0.1) is 12.8 Å². The van der Waals surface area contributed by atoms with E-state index in [1.165, 1.54) is 0 Å². The predicted molar refractivity (Wildman–Crippen MR) is 75.1 cm³/mol. The van der Waals surface area contributed by atoms with Gasteiger partial charge in [0, 0.05) is 19.6 Å². The third-order valence-electron chi connectivity index (χ3n) is 4.32. The summed E-state index contributed by atoms with van der Waals surface area (Å²) in [6, 6.07) is -0.501. The highest BCUT2D eigenvalue weighted by Crippen LogP contribution is 2.39. The highest BCUT2D eigenvalue weighted by molar-refractivity contribution is 7.88. The zero-order chi connectivity index (χ0) is 15.7. The number of carboxylic acids is 1. The topological polar surface area (TPSA) is 116 Å². The highest BCUT2D eigenvalue weighted by Gasteiger charge is 2.44. The van der Waals surface area contributed by atoms with E-state index in [4.69, 9.17) is 5.11 Å². The number of carbonyl (C=O) groups is 2. The number of hydrogen-bond donors (Lipinski definition) is 3. The van der Waals surface area contributed by atoms with Crippen LogP contribution in [0.25, 0.3) is 0 Å². The lowest BCUT2D eigenvalue weighted by atomic mass is 9.76. The van der Waals surface area contributed by atoms with Gasteiger partial charge in [-0.3, -0.25) is 9.59 Å². The first-order chi connectivity index (χ1) is 9.71. The van der Waals surface area contributed by atoms with E-state index < -0.39 is 22.0 Å². The van der Waals surface area contributed by atoms with Crippen molar-refractivity contribution in [1.82, 2.24) is 14.9 Å². The van der Waals surface area contributed by atoms with Crippen LogP contribution in [0.5, 0.6) is 0 Å². The van der Waals surface area contributed by atoms with Crippen molar-refractivity contribution in [3.63, 3.8) is 0 Å². The summed E-state index contributed by atoms with van der Waals surface area (Å²) in [7, 11) is -3.37. The number of amides is 1. The molecule has 21 heavy (non-hydrogen) atoms. The van der Waals surface area contributed by atoms with Crippen molar-refractivity contribution in [2.24, 2.45) is 5.41 Å². The Kier molecular flexibility index (Phi) is 4.54. The van der Waals surface area contributed by atoms with E-state index in [0.29, 0.717) is 26.1 Å². The van der Waals surface area contributed by atoms with Gasteiger partial charge in [0.2, 0.25) is 15.9 Å². The van der Waals surface area contributed by atoms with E-state index in [2.05, 4.69) is 10.0 Å². The number of likely N-dealkylation sites (tertiary alicyclic amines) is 1. The standard InChI is InChI=1S/C12H21N3O5S/c1-21(19,20)14-7-10(16)15-4-2-12(3-5-15)6-9(11(17)18)13-8-12/h9,13-14H,2-8H2,1H3,(H,17,18)/t9-/m0/s1. The van der Waals surface area contributed by atoms with Gasteiger partial charge in [0.1, 0.15) is 6.04 Å². The minimum absolute atomic E-state index is 0.0515. The summed E-state index contributed by atoms with van der Waals surface area (Å²) in [6.07, 6.45) is 3.09. The number of carbonyl (C=O) groups excluding carboxylic acids is 1. The summed E-state index contributed by atoms with van der Waals surface area (Å²) in [4.78, 5) is 24.5. The smallest absolute Gasteiger partial charge is 0.320 e. The Labute approximate surface area is 123 Å². The quantitative estimate of drug-likeness (QED) is 0.586. The fourth-order valence-electron chi connectivity index (χ4n) is 3.01. The lowest BCUT2D eigenvalue weighted by Crippen LogP contribution is -2.47. The Morgan fingerprint density at radius 1 is 1.38 bits per heavy atom. The molecular formula is C12H21N3O5S. The van der Waals surface area contributed by atoms with Gasteiger partial charge in [-0.05, 0) is 24.7 Å². The highest BCUT2D eigenvalue weighted by atomic mass is 32.2. The molecule has 0 aromatic heterocycles. The van der Waals surface area contributed by atoms with Gasteiger partial charge in [-0.25, -0.2) is 13.1 Å². The van der Waals surface area contributed by atoms with Gasteiger partial charge < -0.3 is 15.3 Å². The zero-order valence-corrected chi connectivity index (χ0v) is 12.8. The van der Waals surface area contributed by atoms with Crippen molar-refractivity contribution in [3.05, 3.63) is 0 Å². The fraction of sp³-hybridized carbons (Fsp3) is 0.833.